The van der Waals surface area contributed by atoms with Crippen LogP contribution in [0.3, 0.4) is 0 Å². The first-order valence-corrected chi connectivity index (χ1v) is 12.2. The van der Waals surface area contributed by atoms with E-state index in [2.05, 4.69) is 26.9 Å². The molecule has 6 unspecified atom stereocenters. The van der Waals surface area contributed by atoms with E-state index in [0.29, 0.717) is 31.3 Å². The average Bonchev–Trinajstić information content (AvgIpc) is 3.42. The Labute approximate surface area is 180 Å². The van der Waals surface area contributed by atoms with Gasteiger partial charge in [0.1, 0.15) is 6.10 Å². The third-order valence-electron chi connectivity index (χ3n) is 8.44. The minimum Gasteiger partial charge on any atom is -0.368 e. The lowest BCUT2D eigenvalue weighted by molar-refractivity contribution is -0.160. The molecule has 4 heterocycles. The zero-order valence-electron chi connectivity index (χ0n) is 18.6. The molecule has 1 saturated carbocycles. The summed E-state index contributed by atoms with van der Waals surface area (Å²) in [7, 11) is 0. The van der Waals surface area contributed by atoms with Gasteiger partial charge < -0.3 is 19.9 Å². The number of hydrogen-bond acceptors (Lipinski definition) is 5. The van der Waals surface area contributed by atoms with Crippen molar-refractivity contribution in [1.82, 2.24) is 20.0 Å². The molecule has 0 aromatic carbocycles. The van der Waals surface area contributed by atoms with E-state index in [4.69, 9.17) is 4.74 Å². The number of hydrogen-bond donors (Lipinski definition) is 1. The second-order valence-electron chi connectivity index (χ2n) is 10.2. The van der Waals surface area contributed by atoms with Gasteiger partial charge in [0, 0.05) is 38.7 Å². The first-order valence-electron chi connectivity index (χ1n) is 12.2. The molecule has 0 aromatic rings. The molecule has 5 aliphatic rings. The summed E-state index contributed by atoms with van der Waals surface area (Å²) >= 11 is 0. The number of nitrogens with one attached hydrogen (secondary N) is 1. The van der Waals surface area contributed by atoms with Crippen molar-refractivity contribution in [3.05, 3.63) is 0 Å². The predicted octanol–water partition coefficient (Wildman–Crippen LogP) is 1.57. The maximum atomic E-state index is 13.4. The topological polar surface area (TPSA) is 65.1 Å². The van der Waals surface area contributed by atoms with E-state index in [-0.39, 0.29) is 36.0 Å². The second-order valence-corrected chi connectivity index (χ2v) is 10.2. The molecule has 4 aliphatic heterocycles. The molecule has 5 rings (SSSR count). The van der Waals surface area contributed by atoms with Crippen molar-refractivity contribution in [2.45, 2.75) is 102 Å². The first-order chi connectivity index (χ1) is 14.5. The molecule has 0 radical (unpaired) electrons. The van der Waals surface area contributed by atoms with E-state index < -0.39 is 0 Å². The van der Waals surface area contributed by atoms with Crippen LogP contribution in [-0.4, -0.2) is 89.2 Å². The number of rotatable bonds is 2. The van der Waals surface area contributed by atoms with E-state index in [1.54, 1.807) is 6.92 Å². The summed E-state index contributed by atoms with van der Waals surface area (Å²) in [5.41, 5.74) is 0. The molecule has 4 saturated heterocycles. The van der Waals surface area contributed by atoms with Crippen LogP contribution in [0, 0.1) is 5.92 Å². The molecule has 1 N–H and O–H groups in total. The van der Waals surface area contributed by atoms with Crippen LogP contribution in [0.4, 0.5) is 0 Å². The van der Waals surface area contributed by atoms with Crippen molar-refractivity contribution < 1.29 is 14.3 Å². The van der Waals surface area contributed by atoms with Gasteiger partial charge in [-0.1, -0.05) is 0 Å². The number of amides is 2. The highest BCUT2D eigenvalue weighted by Gasteiger charge is 2.50. The maximum Gasteiger partial charge on any atom is 0.252 e. The molecule has 2 amide bonds. The van der Waals surface area contributed by atoms with Crippen molar-refractivity contribution in [1.29, 1.82) is 0 Å². The fourth-order valence-corrected chi connectivity index (χ4v) is 7.14. The Morgan fingerprint density at radius 3 is 2.63 bits per heavy atom. The van der Waals surface area contributed by atoms with E-state index in [1.165, 1.54) is 25.8 Å². The fraction of sp³-hybridized carbons (Fsp3) is 0.913. The molecular weight excluding hydrogens is 380 g/mol. The molecule has 7 heteroatoms. The van der Waals surface area contributed by atoms with Crippen molar-refractivity contribution in [3.8, 4) is 0 Å². The first kappa shape index (κ1) is 20.7. The Morgan fingerprint density at radius 1 is 1.00 bits per heavy atom. The molecule has 7 nitrogen and oxygen atoms in total. The normalized spacial score (nSPS) is 42.1. The van der Waals surface area contributed by atoms with Gasteiger partial charge >= 0.3 is 0 Å². The van der Waals surface area contributed by atoms with Gasteiger partial charge in [0.15, 0.2) is 0 Å². The number of ether oxygens (including phenoxy) is 1. The van der Waals surface area contributed by atoms with Crippen molar-refractivity contribution in [3.63, 3.8) is 0 Å². The number of fused-ring (bicyclic) bond motifs is 2. The van der Waals surface area contributed by atoms with Gasteiger partial charge in [-0.05, 0) is 70.8 Å². The van der Waals surface area contributed by atoms with Crippen LogP contribution in [0.5, 0.6) is 0 Å². The molecule has 30 heavy (non-hydrogen) atoms. The summed E-state index contributed by atoms with van der Waals surface area (Å²) in [5, 5.41) is 3.75. The molecule has 0 aromatic heterocycles. The zero-order chi connectivity index (χ0) is 20.8. The summed E-state index contributed by atoms with van der Waals surface area (Å²) in [6.45, 7) is 7.39. The van der Waals surface area contributed by atoms with E-state index >= 15 is 0 Å². The molecule has 0 spiro atoms. The maximum absolute atomic E-state index is 13.4. The molecule has 5 fully saturated rings. The van der Waals surface area contributed by atoms with Crippen LogP contribution in [0.15, 0.2) is 0 Å². The van der Waals surface area contributed by atoms with E-state index in [0.717, 1.165) is 38.6 Å². The van der Waals surface area contributed by atoms with Gasteiger partial charge in [-0.3, -0.25) is 14.5 Å². The minimum atomic E-state index is -0.276. The molecule has 1 aliphatic carbocycles. The largest absolute Gasteiger partial charge is 0.368 e. The molecule has 0 bridgehead atoms. The number of piperidine rings is 1. The van der Waals surface area contributed by atoms with Crippen LogP contribution in [0.25, 0.3) is 0 Å². The van der Waals surface area contributed by atoms with Gasteiger partial charge in [0.05, 0.1) is 18.2 Å². The third-order valence-corrected chi connectivity index (χ3v) is 8.44. The van der Waals surface area contributed by atoms with Gasteiger partial charge in [-0.15, -0.1) is 0 Å². The van der Waals surface area contributed by atoms with Crippen LogP contribution >= 0.6 is 0 Å². The van der Waals surface area contributed by atoms with Crippen LogP contribution in [0.1, 0.15) is 65.2 Å². The number of carbonyl (C=O) groups excluding carboxylic acids is 2. The number of nitrogens with zero attached hydrogens (tertiary/aromatic N) is 3. The van der Waals surface area contributed by atoms with Gasteiger partial charge in [-0.25, -0.2) is 0 Å². The Balaban J connectivity index is 1.37. The number of piperazine rings is 1. The van der Waals surface area contributed by atoms with Crippen LogP contribution in [0.2, 0.25) is 0 Å². The Hall–Kier alpha value is -1.18. The summed E-state index contributed by atoms with van der Waals surface area (Å²) in [6.07, 6.45) is 9.12. The second kappa shape index (κ2) is 8.40. The Morgan fingerprint density at radius 2 is 1.87 bits per heavy atom. The number of carbonyl (C=O) groups is 2. The summed E-state index contributed by atoms with van der Waals surface area (Å²) in [6, 6.07) is 0.926. The van der Waals surface area contributed by atoms with Crippen molar-refractivity contribution in [2.24, 2.45) is 5.92 Å². The summed E-state index contributed by atoms with van der Waals surface area (Å²) < 4.78 is 5.76. The summed E-state index contributed by atoms with van der Waals surface area (Å²) in [4.78, 5) is 32.8. The van der Waals surface area contributed by atoms with Crippen LogP contribution in [-0.2, 0) is 14.3 Å². The van der Waals surface area contributed by atoms with Crippen molar-refractivity contribution in [2.75, 3.05) is 26.2 Å². The monoisotopic (exact) mass is 418 g/mol. The van der Waals surface area contributed by atoms with Crippen molar-refractivity contribution >= 4 is 11.8 Å². The quantitative estimate of drug-likeness (QED) is 0.737. The highest BCUT2D eigenvalue weighted by atomic mass is 16.5. The predicted molar refractivity (Wildman–Crippen MR) is 114 cm³/mol. The Bertz CT molecular complexity index is 667. The molecular formula is C23H38N4O3. The fourth-order valence-electron chi connectivity index (χ4n) is 7.14. The lowest BCUT2D eigenvalue weighted by Crippen LogP contribution is -2.68. The molecule has 168 valence electrons. The summed E-state index contributed by atoms with van der Waals surface area (Å²) in [5.74, 6) is 0.904. The Kier molecular flexibility index (Phi) is 5.80. The van der Waals surface area contributed by atoms with Gasteiger partial charge in [-0.2, -0.15) is 0 Å². The zero-order valence-corrected chi connectivity index (χ0v) is 18.6. The highest BCUT2D eigenvalue weighted by molar-refractivity contribution is 5.82. The molecule has 7 atom stereocenters. The smallest absolute Gasteiger partial charge is 0.252 e. The highest BCUT2D eigenvalue weighted by Crippen LogP contribution is 2.40. The van der Waals surface area contributed by atoms with E-state index in [1.807, 2.05) is 0 Å². The lowest BCUT2D eigenvalue weighted by atomic mass is 9.75. The van der Waals surface area contributed by atoms with E-state index in [9.17, 15) is 9.59 Å². The third kappa shape index (κ3) is 3.56. The van der Waals surface area contributed by atoms with Crippen LogP contribution < -0.4 is 5.32 Å². The van der Waals surface area contributed by atoms with Gasteiger partial charge in [0.2, 0.25) is 5.91 Å². The average molecular weight is 419 g/mol. The standard InChI is InChI=1S/C23H38N4O3/c1-15-14-26(23(29)21-6-5-11-30-21)19-12-17(8-9-18(19)27(15)16(2)28)20-13-24-22-7-3-4-10-25(20)22/h15,17-22,24H,3-14H2,1-2H3/t15-,17?,18?,19?,20?,21?,22?/m0/s1. The minimum absolute atomic E-state index is 0.0743. The lowest BCUT2D eigenvalue weighted by Gasteiger charge is -2.55. The van der Waals surface area contributed by atoms with Gasteiger partial charge in [0.25, 0.3) is 5.91 Å². The SMILES string of the molecule is CC(=O)N1C2CCC(C3CNC4CCCCN43)CC2N(C(=O)C2CCCO2)C[C@@H]1C.